The molecule has 2 aromatic carbocycles. The van der Waals surface area contributed by atoms with E-state index in [1.807, 2.05) is 0 Å². The first-order valence-corrected chi connectivity index (χ1v) is 7.32. The third kappa shape index (κ3) is 4.36. The zero-order chi connectivity index (χ0) is 17.5. The molecule has 126 valence electrons. The number of carbonyl (C=O) groups excluding carboxylic acids is 2. The van der Waals surface area contributed by atoms with Gasteiger partial charge in [-0.2, -0.15) is 0 Å². The lowest BCUT2D eigenvalue weighted by Gasteiger charge is -2.09. The molecule has 0 aliphatic heterocycles. The van der Waals surface area contributed by atoms with Crippen LogP contribution in [-0.2, 0) is 4.79 Å². The van der Waals surface area contributed by atoms with E-state index >= 15 is 0 Å². The quantitative estimate of drug-likeness (QED) is 0.699. The van der Waals surface area contributed by atoms with E-state index in [-0.39, 0.29) is 36.7 Å². The molecule has 5 nitrogen and oxygen atoms in total. The van der Waals surface area contributed by atoms with Crippen molar-refractivity contribution in [2.75, 3.05) is 19.6 Å². The summed E-state index contributed by atoms with van der Waals surface area (Å²) in [5, 5.41) is 4.96. The standard InChI is InChI=1S/C17H17F2N3O2/c18-14-4-2-1-3-12(14)11-5-6-15(19)13(9-11)17(24)22-8-7-21-16(23)10-20/h1-6,9H,7-8,10,20H2,(H,21,23)(H,22,24). The smallest absolute Gasteiger partial charge is 0.254 e. The zero-order valence-electron chi connectivity index (χ0n) is 12.8. The van der Waals surface area contributed by atoms with Crippen molar-refractivity contribution in [3.8, 4) is 11.1 Å². The molecule has 0 aromatic heterocycles. The van der Waals surface area contributed by atoms with Gasteiger partial charge in [-0.15, -0.1) is 0 Å². The molecule has 7 heteroatoms. The van der Waals surface area contributed by atoms with E-state index in [1.165, 1.54) is 18.2 Å². The van der Waals surface area contributed by atoms with E-state index in [0.717, 1.165) is 6.07 Å². The second kappa shape index (κ2) is 8.16. The number of hydrogen-bond acceptors (Lipinski definition) is 3. The summed E-state index contributed by atoms with van der Waals surface area (Å²) >= 11 is 0. The summed E-state index contributed by atoms with van der Waals surface area (Å²) in [5.74, 6) is -2.16. The van der Waals surface area contributed by atoms with Crippen LogP contribution in [0.3, 0.4) is 0 Å². The lowest BCUT2D eigenvalue weighted by atomic mass is 10.0. The molecule has 0 saturated carbocycles. The van der Waals surface area contributed by atoms with Crippen molar-refractivity contribution < 1.29 is 18.4 Å². The SMILES string of the molecule is NCC(=O)NCCNC(=O)c1cc(-c2ccccc2F)ccc1F. The second-order valence-electron chi connectivity index (χ2n) is 4.98. The molecule has 2 amide bonds. The molecule has 2 rings (SSSR count). The highest BCUT2D eigenvalue weighted by Crippen LogP contribution is 2.24. The van der Waals surface area contributed by atoms with Gasteiger partial charge in [-0.3, -0.25) is 9.59 Å². The Labute approximate surface area is 137 Å². The normalized spacial score (nSPS) is 10.3. The molecular formula is C17H17F2N3O2. The molecule has 0 saturated heterocycles. The van der Waals surface area contributed by atoms with Crippen LogP contribution in [-0.4, -0.2) is 31.4 Å². The van der Waals surface area contributed by atoms with Gasteiger partial charge in [0.2, 0.25) is 5.91 Å². The summed E-state index contributed by atoms with van der Waals surface area (Å²) in [5.41, 5.74) is 5.61. The van der Waals surface area contributed by atoms with E-state index in [0.29, 0.717) is 5.56 Å². The molecule has 0 atom stereocenters. The minimum Gasteiger partial charge on any atom is -0.353 e. The van der Waals surface area contributed by atoms with Gasteiger partial charge < -0.3 is 16.4 Å². The fraction of sp³-hybridized carbons (Fsp3) is 0.176. The Hall–Kier alpha value is -2.80. The largest absolute Gasteiger partial charge is 0.353 e. The third-order valence-electron chi connectivity index (χ3n) is 3.31. The van der Waals surface area contributed by atoms with E-state index in [1.54, 1.807) is 18.2 Å². The van der Waals surface area contributed by atoms with Crippen molar-refractivity contribution >= 4 is 11.8 Å². The molecule has 0 aliphatic rings. The fourth-order valence-electron chi connectivity index (χ4n) is 2.11. The third-order valence-corrected chi connectivity index (χ3v) is 3.31. The van der Waals surface area contributed by atoms with Crippen LogP contribution in [0.5, 0.6) is 0 Å². The molecule has 4 N–H and O–H groups in total. The van der Waals surface area contributed by atoms with Gasteiger partial charge in [0.05, 0.1) is 12.1 Å². The van der Waals surface area contributed by atoms with Gasteiger partial charge in [0, 0.05) is 18.7 Å². The Bertz CT molecular complexity index is 750. The van der Waals surface area contributed by atoms with Gasteiger partial charge in [0.15, 0.2) is 0 Å². The number of halogens is 2. The van der Waals surface area contributed by atoms with Crippen LogP contribution in [0.1, 0.15) is 10.4 Å². The van der Waals surface area contributed by atoms with Gasteiger partial charge in [-0.05, 0) is 23.8 Å². The number of hydrogen-bond donors (Lipinski definition) is 3. The highest BCUT2D eigenvalue weighted by atomic mass is 19.1. The van der Waals surface area contributed by atoms with Crippen molar-refractivity contribution in [3.63, 3.8) is 0 Å². The van der Waals surface area contributed by atoms with Crippen LogP contribution in [0.2, 0.25) is 0 Å². The molecule has 0 fully saturated rings. The Kier molecular flexibility index (Phi) is 5.97. The highest BCUT2D eigenvalue weighted by Gasteiger charge is 2.14. The summed E-state index contributed by atoms with van der Waals surface area (Å²) in [4.78, 5) is 23.0. The molecule has 0 radical (unpaired) electrons. The van der Waals surface area contributed by atoms with E-state index < -0.39 is 17.5 Å². The van der Waals surface area contributed by atoms with Crippen molar-refractivity contribution in [3.05, 3.63) is 59.7 Å². The molecule has 0 unspecified atom stereocenters. The zero-order valence-corrected chi connectivity index (χ0v) is 12.8. The van der Waals surface area contributed by atoms with Gasteiger partial charge >= 0.3 is 0 Å². The van der Waals surface area contributed by atoms with Gasteiger partial charge in [0.1, 0.15) is 11.6 Å². The molecule has 0 heterocycles. The summed E-state index contributed by atoms with van der Waals surface area (Å²) in [6.07, 6.45) is 0. The average Bonchev–Trinajstić information content (AvgIpc) is 2.59. The first-order valence-electron chi connectivity index (χ1n) is 7.32. The predicted molar refractivity (Wildman–Crippen MR) is 86.2 cm³/mol. The van der Waals surface area contributed by atoms with Crippen LogP contribution >= 0.6 is 0 Å². The monoisotopic (exact) mass is 333 g/mol. The number of rotatable bonds is 6. The molecule has 24 heavy (non-hydrogen) atoms. The Balaban J connectivity index is 2.10. The number of carbonyl (C=O) groups is 2. The van der Waals surface area contributed by atoms with Crippen LogP contribution < -0.4 is 16.4 Å². The maximum Gasteiger partial charge on any atom is 0.254 e. The highest BCUT2D eigenvalue weighted by molar-refractivity contribution is 5.95. The second-order valence-corrected chi connectivity index (χ2v) is 4.98. The Morgan fingerprint density at radius 2 is 1.67 bits per heavy atom. The first kappa shape index (κ1) is 17.6. The summed E-state index contributed by atoms with van der Waals surface area (Å²) in [6, 6.07) is 9.86. The Morgan fingerprint density at radius 3 is 2.38 bits per heavy atom. The summed E-state index contributed by atoms with van der Waals surface area (Å²) in [7, 11) is 0. The summed E-state index contributed by atoms with van der Waals surface area (Å²) < 4.78 is 27.7. The lowest BCUT2D eigenvalue weighted by Crippen LogP contribution is -2.37. The van der Waals surface area contributed by atoms with Crippen LogP contribution in [0.15, 0.2) is 42.5 Å². The Morgan fingerprint density at radius 1 is 0.958 bits per heavy atom. The van der Waals surface area contributed by atoms with Crippen molar-refractivity contribution in [2.45, 2.75) is 0 Å². The minimum absolute atomic E-state index is 0.119. The van der Waals surface area contributed by atoms with Crippen molar-refractivity contribution in [2.24, 2.45) is 5.73 Å². The average molecular weight is 333 g/mol. The van der Waals surface area contributed by atoms with Crippen LogP contribution in [0, 0.1) is 11.6 Å². The maximum atomic E-state index is 13.9. The van der Waals surface area contributed by atoms with Gasteiger partial charge in [-0.1, -0.05) is 24.3 Å². The number of benzene rings is 2. The van der Waals surface area contributed by atoms with Crippen LogP contribution in [0.4, 0.5) is 8.78 Å². The van der Waals surface area contributed by atoms with Gasteiger partial charge in [0.25, 0.3) is 5.91 Å². The number of amides is 2. The summed E-state index contributed by atoms with van der Waals surface area (Å²) in [6.45, 7) is 0.150. The van der Waals surface area contributed by atoms with Crippen LogP contribution in [0.25, 0.3) is 11.1 Å². The van der Waals surface area contributed by atoms with E-state index in [2.05, 4.69) is 10.6 Å². The van der Waals surface area contributed by atoms with E-state index in [4.69, 9.17) is 5.73 Å². The molecule has 0 spiro atoms. The number of nitrogens with two attached hydrogens (primary N) is 1. The molecular weight excluding hydrogens is 316 g/mol. The molecule has 0 aliphatic carbocycles. The minimum atomic E-state index is -0.710. The van der Waals surface area contributed by atoms with Crippen molar-refractivity contribution in [1.29, 1.82) is 0 Å². The lowest BCUT2D eigenvalue weighted by molar-refractivity contribution is -0.119. The van der Waals surface area contributed by atoms with Gasteiger partial charge in [-0.25, -0.2) is 8.78 Å². The maximum absolute atomic E-state index is 13.9. The topological polar surface area (TPSA) is 84.2 Å². The van der Waals surface area contributed by atoms with Crippen molar-refractivity contribution in [1.82, 2.24) is 10.6 Å². The predicted octanol–water partition coefficient (Wildman–Crippen LogP) is 1.44. The molecule has 2 aromatic rings. The first-order chi connectivity index (χ1) is 11.5. The molecule has 0 bridgehead atoms. The number of nitrogens with one attached hydrogen (secondary N) is 2. The fourth-order valence-corrected chi connectivity index (χ4v) is 2.11. The van der Waals surface area contributed by atoms with E-state index in [9.17, 15) is 18.4 Å².